The van der Waals surface area contributed by atoms with Crippen LogP contribution in [0.1, 0.15) is 32.6 Å². The average molecular weight is 462 g/mol. The van der Waals surface area contributed by atoms with Gasteiger partial charge in [-0.1, -0.05) is 58.4 Å². The lowest BCUT2D eigenvalue weighted by atomic mass is 9.98. The van der Waals surface area contributed by atoms with Crippen LogP contribution in [0.4, 0.5) is 0 Å². The third-order valence-corrected chi connectivity index (χ3v) is 5.88. The van der Waals surface area contributed by atoms with Crippen molar-refractivity contribution in [3.63, 3.8) is 0 Å². The number of carbonyl (C=O) groups is 1. The molecule has 5 rings (SSSR count). The van der Waals surface area contributed by atoms with Crippen molar-refractivity contribution in [3.05, 3.63) is 98.7 Å². The molecule has 150 valence electrons. The molecule has 0 saturated carbocycles. The number of ether oxygens (including phenoxy) is 2. The second-order valence-corrected chi connectivity index (χ2v) is 8.53. The Bertz CT molecular complexity index is 1170. The van der Waals surface area contributed by atoms with Crippen molar-refractivity contribution < 1.29 is 14.3 Å². The van der Waals surface area contributed by atoms with Gasteiger partial charge < -0.3 is 9.47 Å². The SMILES string of the molecule is Cc1cc2c(c3c1C(=O)/C(=C/c1cccc(Br)c1)O3)CN(Cc1ccccc1)CO2. The van der Waals surface area contributed by atoms with Gasteiger partial charge in [0.2, 0.25) is 5.78 Å². The third-order valence-electron chi connectivity index (χ3n) is 5.38. The number of aryl methyl sites for hydroxylation is 1. The fourth-order valence-electron chi connectivity index (χ4n) is 3.97. The molecule has 0 fully saturated rings. The topological polar surface area (TPSA) is 38.8 Å². The van der Waals surface area contributed by atoms with Crippen molar-refractivity contribution in [2.75, 3.05) is 6.73 Å². The first-order chi connectivity index (χ1) is 14.6. The number of nitrogens with zero attached hydrogens (tertiary/aromatic N) is 1. The molecule has 0 unspecified atom stereocenters. The highest BCUT2D eigenvalue weighted by molar-refractivity contribution is 9.10. The fourth-order valence-corrected chi connectivity index (χ4v) is 4.38. The van der Waals surface area contributed by atoms with Crippen LogP contribution in [-0.4, -0.2) is 17.4 Å². The number of fused-ring (bicyclic) bond motifs is 3. The van der Waals surface area contributed by atoms with E-state index in [0.29, 0.717) is 30.3 Å². The summed E-state index contributed by atoms with van der Waals surface area (Å²) in [7, 11) is 0. The molecule has 2 heterocycles. The monoisotopic (exact) mass is 461 g/mol. The summed E-state index contributed by atoms with van der Waals surface area (Å²) >= 11 is 3.47. The van der Waals surface area contributed by atoms with Crippen LogP contribution < -0.4 is 9.47 Å². The van der Waals surface area contributed by atoms with E-state index in [1.54, 1.807) is 6.08 Å². The van der Waals surface area contributed by atoms with Crippen LogP contribution in [0, 0.1) is 6.92 Å². The van der Waals surface area contributed by atoms with Gasteiger partial charge in [0.15, 0.2) is 5.76 Å². The summed E-state index contributed by atoms with van der Waals surface area (Å²) in [6.45, 7) is 3.89. The summed E-state index contributed by atoms with van der Waals surface area (Å²) in [6, 6.07) is 20.0. The standard InChI is InChI=1S/C25H20BrNO3/c1-16-10-21-20(14-27(15-29-21)13-17-6-3-2-4-7-17)25-23(16)24(28)22(30-25)12-18-8-5-9-19(26)11-18/h2-12H,13-15H2,1H3/b22-12-. The maximum Gasteiger partial charge on any atom is 0.232 e. The highest BCUT2D eigenvalue weighted by Crippen LogP contribution is 2.44. The molecule has 0 radical (unpaired) electrons. The van der Waals surface area contributed by atoms with Gasteiger partial charge >= 0.3 is 0 Å². The van der Waals surface area contributed by atoms with Crippen LogP contribution in [0.5, 0.6) is 11.5 Å². The van der Waals surface area contributed by atoms with Crippen LogP contribution in [-0.2, 0) is 13.1 Å². The normalized spacial score (nSPS) is 16.7. The van der Waals surface area contributed by atoms with E-state index >= 15 is 0 Å². The number of benzene rings is 3. The predicted octanol–water partition coefficient (Wildman–Crippen LogP) is 5.73. The van der Waals surface area contributed by atoms with Crippen molar-refractivity contribution in [1.29, 1.82) is 0 Å². The molecule has 0 amide bonds. The maximum absolute atomic E-state index is 13.1. The lowest BCUT2D eigenvalue weighted by Crippen LogP contribution is -2.31. The van der Waals surface area contributed by atoms with Crippen LogP contribution in [0.2, 0.25) is 0 Å². The van der Waals surface area contributed by atoms with Gasteiger partial charge in [0, 0.05) is 17.6 Å². The second-order valence-electron chi connectivity index (χ2n) is 7.62. The summed E-state index contributed by atoms with van der Waals surface area (Å²) in [4.78, 5) is 15.3. The van der Waals surface area contributed by atoms with Gasteiger partial charge in [-0.25, -0.2) is 0 Å². The highest BCUT2D eigenvalue weighted by atomic mass is 79.9. The van der Waals surface area contributed by atoms with E-state index in [1.807, 2.05) is 55.5 Å². The Morgan fingerprint density at radius 2 is 1.93 bits per heavy atom. The zero-order valence-corrected chi connectivity index (χ0v) is 18.1. The zero-order chi connectivity index (χ0) is 20.7. The fraction of sp³-hybridized carbons (Fsp3) is 0.160. The van der Waals surface area contributed by atoms with Crippen molar-refractivity contribution in [2.45, 2.75) is 20.0 Å². The minimum absolute atomic E-state index is 0.0783. The summed E-state index contributed by atoms with van der Waals surface area (Å²) in [5.41, 5.74) is 4.58. The first kappa shape index (κ1) is 19.1. The van der Waals surface area contributed by atoms with Crippen LogP contribution in [0.15, 0.2) is 70.9 Å². The number of carbonyl (C=O) groups excluding carboxylic acids is 1. The molecule has 0 saturated heterocycles. The summed E-state index contributed by atoms with van der Waals surface area (Å²) in [6.07, 6.45) is 1.80. The third kappa shape index (κ3) is 3.55. The Labute approximate surface area is 183 Å². The van der Waals surface area contributed by atoms with Gasteiger partial charge in [-0.15, -0.1) is 0 Å². The number of hydrogen-bond donors (Lipinski definition) is 0. The highest BCUT2D eigenvalue weighted by Gasteiger charge is 2.35. The summed E-state index contributed by atoms with van der Waals surface area (Å²) in [5, 5.41) is 0. The summed E-state index contributed by atoms with van der Waals surface area (Å²) in [5.74, 6) is 1.70. The van der Waals surface area contributed by atoms with Gasteiger partial charge in [-0.3, -0.25) is 9.69 Å². The Morgan fingerprint density at radius 1 is 1.10 bits per heavy atom. The number of allylic oxidation sites excluding steroid dienone is 1. The van der Waals surface area contributed by atoms with Gasteiger partial charge in [0.05, 0.1) is 11.1 Å². The molecule has 5 heteroatoms. The quantitative estimate of drug-likeness (QED) is 0.467. The lowest BCUT2D eigenvalue weighted by Gasteiger charge is -2.30. The van der Waals surface area contributed by atoms with Crippen molar-refractivity contribution in [1.82, 2.24) is 4.90 Å². The second kappa shape index (κ2) is 7.74. The number of ketones is 1. The minimum atomic E-state index is -0.0783. The number of Topliss-reactive ketones (excluding diaryl/α,β-unsaturated/α-hetero) is 1. The number of hydrogen-bond acceptors (Lipinski definition) is 4. The number of rotatable bonds is 3. The largest absolute Gasteiger partial charge is 0.478 e. The van der Waals surface area contributed by atoms with E-state index in [-0.39, 0.29) is 5.78 Å². The first-order valence-electron chi connectivity index (χ1n) is 9.84. The molecule has 3 aromatic rings. The van der Waals surface area contributed by atoms with Gasteiger partial charge in [-0.2, -0.15) is 0 Å². The van der Waals surface area contributed by atoms with Crippen molar-refractivity contribution in [2.24, 2.45) is 0 Å². The Morgan fingerprint density at radius 3 is 2.73 bits per heavy atom. The van der Waals surface area contributed by atoms with Crippen molar-refractivity contribution >= 4 is 27.8 Å². The zero-order valence-electron chi connectivity index (χ0n) is 16.5. The molecule has 0 aliphatic carbocycles. The van der Waals surface area contributed by atoms with Crippen LogP contribution >= 0.6 is 15.9 Å². The minimum Gasteiger partial charge on any atom is -0.478 e. The molecular weight excluding hydrogens is 442 g/mol. The van der Waals surface area contributed by atoms with Crippen LogP contribution in [0.3, 0.4) is 0 Å². The van der Waals surface area contributed by atoms with E-state index < -0.39 is 0 Å². The summed E-state index contributed by atoms with van der Waals surface area (Å²) < 4.78 is 13.1. The maximum atomic E-state index is 13.1. The van der Waals surface area contributed by atoms with Gasteiger partial charge in [0.1, 0.15) is 18.2 Å². The molecule has 2 aliphatic heterocycles. The first-order valence-corrected chi connectivity index (χ1v) is 10.6. The van der Waals surface area contributed by atoms with E-state index in [4.69, 9.17) is 9.47 Å². The van der Waals surface area contributed by atoms with Crippen LogP contribution in [0.25, 0.3) is 6.08 Å². The predicted molar refractivity (Wildman–Crippen MR) is 119 cm³/mol. The molecule has 2 aliphatic rings. The smallest absolute Gasteiger partial charge is 0.232 e. The van der Waals surface area contributed by atoms with Crippen molar-refractivity contribution in [3.8, 4) is 11.5 Å². The van der Waals surface area contributed by atoms with Gasteiger partial charge in [-0.05, 0) is 47.9 Å². The van der Waals surface area contributed by atoms with E-state index in [1.165, 1.54) is 5.56 Å². The molecule has 4 nitrogen and oxygen atoms in total. The molecule has 0 bridgehead atoms. The molecule has 0 spiro atoms. The molecular formula is C25H20BrNO3. The average Bonchev–Trinajstić information content (AvgIpc) is 3.06. The molecule has 0 N–H and O–H groups in total. The van der Waals surface area contributed by atoms with E-state index in [0.717, 1.165) is 33.5 Å². The Balaban J connectivity index is 1.48. The number of halogens is 1. The Kier molecular flexibility index (Phi) is 4.93. The molecule has 0 aromatic heterocycles. The van der Waals surface area contributed by atoms with E-state index in [2.05, 4.69) is 33.0 Å². The molecule has 30 heavy (non-hydrogen) atoms. The lowest BCUT2D eigenvalue weighted by molar-refractivity contribution is 0.0872. The molecule has 0 atom stereocenters. The Hall–Kier alpha value is -2.89. The van der Waals surface area contributed by atoms with Gasteiger partial charge in [0.25, 0.3) is 0 Å². The molecule has 3 aromatic carbocycles. The van der Waals surface area contributed by atoms with E-state index in [9.17, 15) is 4.79 Å².